The first kappa shape index (κ1) is 12.3. The van der Waals surface area contributed by atoms with Gasteiger partial charge in [0.15, 0.2) is 0 Å². The smallest absolute Gasteiger partial charge is 0.311 e. The number of hydrogen-bond donors (Lipinski definition) is 1. The third-order valence-electron chi connectivity index (χ3n) is 3.12. The Kier molecular flexibility index (Phi) is 3.93. The lowest BCUT2D eigenvalue weighted by molar-refractivity contribution is -0.384. The molecule has 5 nitrogen and oxygen atoms in total. The summed E-state index contributed by atoms with van der Waals surface area (Å²) in [6, 6.07) is 0. The van der Waals surface area contributed by atoms with Crippen LogP contribution in [0.25, 0.3) is 0 Å². The topological polar surface area (TPSA) is 68.1 Å². The molecule has 1 aliphatic rings. The molecular weight excluding hydrogens is 286 g/mol. The second-order valence-electron chi connectivity index (χ2n) is 4.30. The minimum atomic E-state index is -0.408. The Labute approximate surface area is 108 Å². The van der Waals surface area contributed by atoms with Crippen molar-refractivity contribution in [2.24, 2.45) is 5.92 Å². The van der Waals surface area contributed by atoms with E-state index in [1.165, 1.54) is 31.9 Å². The number of nitrogens with one attached hydrogen (secondary N) is 1. The van der Waals surface area contributed by atoms with Crippen LogP contribution in [0.4, 0.5) is 11.4 Å². The molecule has 0 spiro atoms. The maximum atomic E-state index is 10.9. The first-order chi connectivity index (χ1) is 8.18. The molecule has 0 unspecified atom stereocenters. The summed E-state index contributed by atoms with van der Waals surface area (Å²) in [7, 11) is 0. The standard InChI is InChI=1S/C11H14BrN3O2/c12-9-6-13-7-10(15(16)17)11(9)14-5-8-3-1-2-4-8/h6-8H,1-5H2,(H,13,14). The molecule has 0 bridgehead atoms. The first-order valence-electron chi connectivity index (χ1n) is 5.70. The van der Waals surface area contributed by atoms with Gasteiger partial charge < -0.3 is 5.32 Å². The van der Waals surface area contributed by atoms with E-state index in [0.717, 1.165) is 6.54 Å². The van der Waals surface area contributed by atoms with Gasteiger partial charge in [-0.05, 0) is 34.7 Å². The van der Waals surface area contributed by atoms with E-state index in [1.807, 2.05) is 0 Å². The Morgan fingerprint density at radius 2 is 2.18 bits per heavy atom. The summed E-state index contributed by atoms with van der Waals surface area (Å²) in [5, 5.41) is 14.1. The fourth-order valence-electron chi connectivity index (χ4n) is 2.20. The molecule has 1 aliphatic carbocycles. The van der Waals surface area contributed by atoms with Gasteiger partial charge >= 0.3 is 5.69 Å². The predicted molar refractivity (Wildman–Crippen MR) is 69.0 cm³/mol. The fraction of sp³-hybridized carbons (Fsp3) is 0.545. The molecule has 1 aromatic heterocycles. The van der Waals surface area contributed by atoms with Gasteiger partial charge in [0, 0.05) is 12.7 Å². The molecule has 1 saturated carbocycles. The van der Waals surface area contributed by atoms with Crippen molar-refractivity contribution < 1.29 is 4.92 Å². The number of anilines is 1. The Morgan fingerprint density at radius 3 is 2.82 bits per heavy atom. The first-order valence-corrected chi connectivity index (χ1v) is 6.49. The van der Waals surface area contributed by atoms with Crippen molar-refractivity contribution >= 4 is 27.3 Å². The minimum Gasteiger partial charge on any atom is -0.378 e. The van der Waals surface area contributed by atoms with Crippen LogP contribution in [0.5, 0.6) is 0 Å². The van der Waals surface area contributed by atoms with Gasteiger partial charge in [0.05, 0.1) is 9.40 Å². The molecule has 0 radical (unpaired) electrons. The number of nitro groups is 1. The molecular formula is C11H14BrN3O2. The summed E-state index contributed by atoms with van der Waals surface area (Å²) < 4.78 is 0.643. The number of halogens is 1. The van der Waals surface area contributed by atoms with Crippen molar-refractivity contribution in [2.45, 2.75) is 25.7 Å². The van der Waals surface area contributed by atoms with Crippen LogP contribution in [-0.4, -0.2) is 16.5 Å². The molecule has 0 saturated heterocycles. The Morgan fingerprint density at radius 1 is 1.47 bits per heavy atom. The van der Waals surface area contributed by atoms with Gasteiger partial charge in [0.25, 0.3) is 0 Å². The zero-order valence-electron chi connectivity index (χ0n) is 9.36. The molecule has 0 atom stereocenters. The highest BCUT2D eigenvalue weighted by Gasteiger charge is 2.20. The Bertz CT molecular complexity index is 419. The summed E-state index contributed by atoms with van der Waals surface area (Å²) in [4.78, 5) is 14.3. The molecule has 6 heteroatoms. The number of nitrogens with zero attached hydrogens (tertiary/aromatic N) is 2. The monoisotopic (exact) mass is 299 g/mol. The number of hydrogen-bond acceptors (Lipinski definition) is 4. The summed E-state index contributed by atoms with van der Waals surface area (Å²) in [5.41, 5.74) is 0.564. The highest BCUT2D eigenvalue weighted by molar-refractivity contribution is 9.10. The van der Waals surface area contributed by atoms with E-state index in [-0.39, 0.29) is 5.69 Å². The lowest BCUT2D eigenvalue weighted by atomic mass is 10.1. The van der Waals surface area contributed by atoms with Crippen LogP contribution in [0.3, 0.4) is 0 Å². The van der Waals surface area contributed by atoms with E-state index in [4.69, 9.17) is 0 Å². The van der Waals surface area contributed by atoms with Crippen LogP contribution in [0, 0.1) is 16.0 Å². The zero-order chi connectivity index (χ0) is 12.3. The molecule has 0 amide bonds. The molecule has 1 fully saturated rings. The number of rotatable bonds is 4. The average Bonchev–Trinajstić information content (AvgIpc) is 2.80. The van der Waals surface area contributed by atoms with Crippen molar-refractivity contribution in [3.8, 4) is 0 Å². The lowest BCUT2D eigenvalue weighted by Gasteiger charge is -2.12. The van der Waals surface area contributed by atoms with Gasteiger partial charge in [-0.25, -0.2) is 0 Å². The van der Waals surface area contributed by atoms with Crippen molar-refractivity contribution in [3.63, 3.8) is 0 Å². The van der Waals surface area contributed by atoms with Crippen molar-refractivity contribution in [1.82, 2.24) is 4.98 Å². The van der Waals surface area contributed by atoms with E-state index >= 15 is 0 Å². The maximum Gasteiger partial charge on any atom is 0.311 e. The third-order valence-corrected chi connectivity index (χ3v) is 3.72. The van der Waals surface area contributed by atoms with Crippen molar-refractivity contribution in [1.29, 1.82) is 0 Å². The summed E-state index contributed by atoms with van der Waals surface area (Å²) in [6.45, 7) is 0.795. The van der Waals surface area contributed by atoms with Crippen LogP contribution in [0.1, 0.15) is 25.7 Å². The molecule has 1 N–H and O–H groups in total. The van der Waals surface area contributed by atoms with Crippen molar-refractivity contribution in [2.75, 3.05) is 11.9 Å². The maximum absolute atomic E-state index is 10.9. The van der Waals surface area contributed by atoms with Gasteiger partial charge in [-0.2, -0.15) is 0 Å². The van der Waals surface area contributed by atoms with E-state index in [2.05, 4.69) is 26.2 Å². The second-order valence-corrected chi connectivity index (χ2v) is 5.16. The largest absolute Gasteiger partial charge is 0.378 e. The Hall–Kier alpha value is -1.17. The van der Waals surface area contributed by atoms with E-state index in [0.29, 0.717) is 16.1 Å². The summed E-state index contributed by atoms with van der Waals surface area (Å²) >= 11 is 3.30. The van der Waals surface area contributed by atoms with Crippen molar-refractivity contribution in [3.05, 3.63) is 27.0 Å². The molecule has 2 rings (SSSR count). The van der Waals surface area contributed by atoms with Gasteiger partial charge in [-0.1, -0.05) is 12.8 Å². The number of aromatic nitrogens is 1. The molecule has 92 valence electrons. The fourth-order valence-corrected chi connectivity index (χ4v) is 2.66. The number of pyridine rings is 1. The van der Waals surface area contributed by atoms with Gasteiger partial charge in [0.2, 0.25) is 0 Å². The van der Waals surface area contributed by atoms with E-state index in [1.54, 1.807) is 6.20 Å². The highest BCUT2D eigenvalue weighted by atomic mass is 79.9. The average molecular weight is 300 g/mol. The Balaban J connectivity index is 2.10. The second kappa shape index (κ2) is 5.44. The van der Waals surface area contributed by atoms with Crippen LogP contribution < -0.4 is 5.32 Å². The van der Waals surface area contributed by atoms with Gasteiger partial charge in [0.1, 0.15) is 11.9 Å². The zero-order valence-corrected chi connectivity index (χ0v) is 10.9. The lowest BCUT2D eigenvalue weighted by Crippen LogP contribution is -2.12. The SMILES string of the molecule is O=[N+]([O-])c1cncc(Br)c1NCC1CCCC1. The molecule has 1 heterocycles. The molecule has 0 aliphatic heterocycles. The predicted octanol–water partition coefficient (Wildman–Crippen LogP) is 3.35. The van der Waals surface area contributed by atoms with Crippen LogP contribution in [0.2, 0.25) is 0 Å². The van der Waals surface area contributed by atoms with Crippen LogP contribution >= 0.6 is 15.9 Å². The quantitative estimate of drug-likeness (QED) is 0.684. The highest BCUT2D eigenvalue weighted by Crippen LogP contribution is 2.32. The molecule has 0 aromatic carbocycles. The van der Waals surface area contributed by atoms with Gasteiger partial charge in [-0.3, -0.25) is 15.1 Å². The van der Waals surface area contributed by atoms with Gasteiger partial charge in [-0.15, -0.1) is 0 Å². The summed E-state index contributed by atoms with van der Waals surface area (Å²) in [6.07, 6.45) is 7.82. The van der Waals surface area contributed by atoms with Crippen LogP contribution in [-0.2, 0) is 0 Å². The summed E-state index contributed by atoms with van der Waals surface area (Å²) in [5.74, 6) is 0.634. The molecule has 17 heavy (non-hydrogen) atoms. The minimum absolute atomic E-state index is 0.0253. The van der Waals surface area contributed by atoms with Crippen LogP contribution in [0.15, 0.2) is 16.9 Å². The third kappa shape index (κ3) is 2.94. The van der Waals surface area contributed by atoms with E-state index < -0.39 is 4.92 Å². The van der Waals surface area contributed by atoms with E-state index in [9.17, 15) is 10.1 Å². The normalized spacial score (nSPS) is 16.1. The molecule has 1 aromatic rings.